The van der Waals surface area contributed by atoms with Gasteiger partial charge in [-0.25, -0.2) is 8.42 Å². The van der Waals surface area contributed by atoms with Crippen LogP contribution in [-0.2, 0) is 23.0 Å². The highest BCUT2D eigenvalue weighted by molar-refractivity contribution is 7.91. The Morgan fingerprint density at radius 3 is 2.76 bits per heavy atom. The van der Waals surface area contributed by atoms with Gasteiger partial charge < -0.3 is 9.73 Å². The highest BCUT2D eigenvalue weighted by Gasteiger charge is 2.25. The van der Waals surface area contributed by atoms with Gasteiger partial charge in [0.15, 0.2) is 0 Å². The van der Waals surface area contributed by atoms with Crippen LogP contribution in [-0.4, -0.2) is 32.9 Å². The standard InChI is InChI=1S/C14H20N2O3S2/c1-3-16(11-12-5-4-10-19-12)21(17,18)14-7-6-13(20-14)8-9-15-2/h4-7,10,15H,3,8-9,11H2,1-2H3. The second-order valence-electron chi connectivity index (χ2n) is 4.58. The maximum absolute atomic E-state index is 12.7. The summed E-state index contributed by atoms with van der Waals surface area (Å²) in [7, 11) is -1.58. The molecule has 0 amide bonds. The molecular weight excluding hydrogens is 308 g/mol. The molecule has 0 aliphatic carbocycles. The van der Waals surface area contributed by atoms with E-state index in [1.165, 1.54) is 15.6 Å². The van der Waals surface area contributed by atoms with Crippen LogP contribution in [0.2, 0.25) is 0 Å². The second-order valence-corrected chi connectivity index (χ2v) is 7.92. The summed E-state index contributed by atoms with van der Waals surface area (Å²) >= 11 is 1.34. The molecule has 0 aliphatic heterocycles. The van der Waals surface area contributed by atoms with Gasteiger partial charge in [-0.05, 0) is 44.3 Å². The fraction of sp³-hybridized carbons (Fsp3) is 0.429. The Morgan fingerprint density at radius 1 is 1.33 bits per heavy atom. The normalized spacial score (nSPS) is 12.1. The van der Waals surface area contributed by atoms with E-state index in [2.05, 4.69) is 5.32 Å². The number of furan rings is 1. The Morgan fingerprint density at radius 2 is 2.14 bits per heavy atom. The minimum atomic E-state index is -3.46. The third-order valence-corrected chi connectivity index (χ3v) is 6.65. The summed E-state index contributed by atoms with van der Waals surface area (Å²) < 4.78 is 32.4. The monoisotopic (exact) mass is 328 g/mol. The average molecular weight is 328 g/mol. The van der Waals surface area contributed by atoms with Gasteiger partial charge in [0.2, 0.25) is 0 Å². The topological polar surface area (TPSA) is 62.6 Å². The third-order valence-electron chi connectivity index (χ3n) is 3.12. The Bertz CT molecular complexity index is 648. The number of nitrogens with zero attached hydrogens (tertiary/aromatic N) is 1. The fourth-order valence-electron chi connectivity index (χ4n) is 1.95. The van der Waals surface area contributed by atoms with Crippen molar-refractivity contribution in [3.8, 4) is 0 Å². The van der Waals surface area contributed by atoms with Crippen LogP contribution >= 0.6 is 11.3 Å². The summed E-state index contributed by atoms with van der Waals surface area (Å²) in [6.45, 7) is 3.34. The Kier molecular flexibility index (Phi) is 5.58. The largest absolute Gasteiger partial charge is 0.468 e. The molecular formula is C14H20N2O3S2. The van der Waals surface area contributed by atoms with E-state index < -0.39 is 10.0 Å². The second kappa shape index (κ2) is 7.22. The predicted octanol–water partition coefficient (Wildman–Crippen LogP) is 2.31. The van der Waals surface area contributed by atoms with Crippen LogP contribution in [0.5, 0.6) is 0 Å². The van der Waals surface area contributed by atoms with Crippen molar-refractivity contribution in [1.29, 1.82) is 0 Å². The van der Waals surface area contributed by atoms with Crippen LogP contribution in [0.15, 0.2) is 39.2 Å². The third kappa shape index (κ3) is 3.94. The lowest BCUT2D eigenvalue weighted by atomic mass is 10.3. The summed E-state index contributed by atoms with van der Waals surface area (Å²) in [4.78, 5) is 1.07. The maximum atomic E-state index is 12.7. The van der Waals surface area contributed by atoms with Crippen LogP contribution in [0.1, 0.15) is 17.6 Å². The molecule has 21 heavy (non-hydrogen) atoms. The van der Waals surface area contributed by atoms with Crippen LogP contribution in [0.4, 0.5) is 0 Å². The van der Waals surface area contributed by atoms with Crippen LogP contribution < -0.4 is 5.32 Å². The van der Waals surface area contributed by atoms with Gasteiger partial charge in [0.05, 0.1) is 12.8 Å². The number of rotatable bonds is 8. The number of thiophene rings is 1. The predicted molar refractivity (Wildman–Crippen MR) is 83.9 cm³/mol. The number of nitrogens with one attached hydrogen (secondary N) is 1. The van der Waals surface area contributed by atoms with Gasteiger partial charge in [-0.3, -0.25) is 0 Å². The Balaban J connectivity index is 2.16. The summed E-state index contributed by atoms with van der Waals surface area (Å²) in [6.07, 6.45) is 2.39. The molecule has 0 fully saturated rings. The first-order valence-electron chi connectivity index (χ1n) is 6.83. The molecule has 0 atom stereocenters. The zero-order valence-electron chi connectivity index (χ0n) is 12.2. The molecule has 0 spiro atoms. The summed E-state index contributed by atoms with van der Waals surface area (Å²) in [6, 6.07) is 7.12. The number of sulfonamides is 1. The van der Waals surface area contributed by atoms with Crippen molar-refractivity contribution >= 4 is 21.4 Å². The van der Waals surface area contributed by atoms with Gasteiger partial charge in [0, 0.05) is 11.4 Å². The van der Waals surface area contributed by atoms with Crippen LogP contribution in [0, 0.1) is 0 Å². The SMILES string of the molecule is CCN(Cc1ccco1)S(=O)(=O)c1ccc(CCNC)s1. The number of hydrogen-bond donors (Lipinski definition) is 1. The number of likely N-dealkylation sites (N-methyl/N-ethyl adjacent to an activating group) is 1. The van der Waals surface area contributed by atoms with Gasteiger partial charge in [-0.2, -0.15) is 4.31 Å². The van der Waals surface area contributed by atoms with E-state index in [-0.39, 0.29) is 6.54 Å². The molecule has 1 N–H and O–H groups in total. The molecule has 2 rings (SSSR count). The molecule has 5 nitrogen and oxygen atoms in total. The zero-order chi connectivity index (χ0) is 15.3. The van der Waals surface area contributed by atoms with E-state index >= 15 is 0 Å². The van der Waals surface area contributed by atoms with Gasteiger partial charge in [-0.15, -0.1) is 11.3 Å². The molecule has 7 heteroatoms. The van der Waals surface area contributed by atoms with E-state index in [4.69, 9.17) is 4.42 Å². The minimum absolute atomic E-state index is 0.260. The molecule has 2 heterocycles. The van der Waals surface area contributed by atoms with Gasteiger partial charge in [-0.1, -0.05) is 6.92 Å². The molecule has 0 saturated heterocycles. The first-order valence-corrected chi connectivity index (χ1v) is 9.09. The van der Waals surface area contributed by atoms with Crippen molar-refractivity contribution in [2.24, 2.45) is 0 Å². The summed E-state index contributed by atoms with van der Waals surface area (Å²) in [5, 5.41) is 3.06. The molecule has 116 valence electrons. The van der Waals surface area contributed by atoms with Crippen LogP contribution in [0.25, 0.3) is 0 Å². The van der Waals surface area contributed by atoms with Crippen molar-refractivity contribution < 1.29 is 12.8 Å². The van der Waals surface area contributed by atoms with Gasteiger partial charge in [0.25, 0.3) is 10.0 Å². The highest BCUT2D eigenvalue weighted by atomic mass is 32.2. The van der Waals surface area contributed by atoms with Crippen molar-refractivity contribution in [2.75, 3.05) is 20.1 Å². The molecule has 2 aromatic rings. The smallest absolute Gasteiger partial charge is 0.252 e. The van der Waals surface area contributed by atoms with Crippen LogP contribution in [0.3, 0.4) is 0 Å². The molecule has 0 aromatic carbocycles. The first-order chi connectivity index (χ1) is 10.1. The minimum Gasteiger partial charge on any atom is -0.468 e. The lowest BCUT2D eigenvalue weighted by Gasteiger charge is -2.18. The molecule has 0 bridgehead atoms. The van der Waals surface area contributed by atoms with Crippen molar-refractivity contribution in [3.63, 3.8) is 0 Å². The van der Waals surface area contributed by atoms with E-state index in [0.717, 1.165) is 17.8 Å². The summed E-state index contributed by atoms with van der Waals surface area (Å²) in [5.41, 5.74) is 0. The lowest BCUT2D eigenvalue weighted by Crippen LogP contribution is -2.29. The molecule has 0 aliphatic rings. The van der Waals surface area contributed by atoms with E-state index in [0.29, 0.717) is 16.5 Å². The van der Waals surface area contributed by atoms with Crippen molar-refractivity contribution in [3.05, 3.63) is 41.2 Å². The molecule has 2 aromatic heterocycles. The molecule has 0 radical (unpaired) electrons. The summed E-state index contributed by atoms with van der Waals surface area (Å²) in [5.74, 6) is 0.646. The average Bonchev–Trinajstić information content (AvgIpc) is 3.13. The first kappa shape index (κ1) is 16.2. The maximum Gasteiger partial charge on any atom is 0.252 e. The molecule has 0 unspecified atom stereocenters. The fourth-order valence-corrected chi connectivity index (χ4v) is 4.87. The zero-order valence-corrected chi connectivity index (χ0v) is 13.8. The molecule has 0 saturated carbocycles. The number of hydrogen-bond acceptors (Lipinski definition) is 5. The van der Waals surface area contributed by atoms with Gasteiger partial charge in [0.1, 0.15) is 9.97 Å². The lowest BCUT2D eigenvalue weighted by molar-refractivity contribution is 0.376. The Hall–Kier alpha value is -1.15. The highest BCUT2D eigenvalue weighted by Crippen LogP contribution is 2.26. The van der Waals surface area contributed by atoms with E-state index in [1.54, 1.807) is 24.5 Å². The Labute approximate surface area is 129 Å². The van der Waals surface area contributed by atoms with Crippen molar-refractivity contribution in [2.45, 2.75) is 24.1 Å². The van der Waals surface area contributed by atoms with Crippen molar-refractivity contribution in [1.82, 2.24) is 9.62 Å². The van der Waals surface area contributed by atoms with E-state index in [9.17, 15) is 8.42 Å². The van der Waals surface area contributed by atoms with Gasteiger partial charge >= 0.3 is 0 Å². The van der Waals surface area contributed by atoms with E-state index in [1.807, 2.05) is 20.0 Å². The quantitative estimate of drug-likeness (QED) is 0.808.